The van der Waals surface area contributed by atoms with Crippen LogP contribution in [-0.4, -0.2) is 11.8 Å². The van der Waals surface area contributed by atoms with Crippen LogP contribution in [0.3, 0.4) is 0 Å². The minimum atomic E-state index is -4.77. The number of nitrogens with one attached hydrogen (secondary N) is 2. The highest BCUT2D eigenvalue weighted by Crippen LogP contribution is 2.34. The predicted octanol–water partition coefficient (Wildman–Crippen LogP) is 2.56. The molecule has 120 valence electrons. The van der Waals surface area contributed by atoms with E-state index >= 15 is 0 Å². The SMILES string of the molecule is NNC(=O)c1ccc(NC(=O)c2ccccc2)cc1C(F)(F)F. The average Bonchev–Trinajstić information content (AvgIpc) is 2.54. The maximum atomic E-state index is 13.1. The summed E-state index contributed by atoms with van der Waals surface area (Å²) in [5.41, 5.74) is 0.0504. The van der Waals surface area contributed by atoms with E-state index in [1.54, 1.807) is 23.6 Å². The maximum Gasteiger partial charge on any atom is 0.417 e. The first-order valence-corrected chi connectivity index (χ1v) is 6.41. The molecule has 23 heavy (non-hydrogen) atoms. The number of nitrogen functional groups attached to an aromatic ring is 1. The summed E-state index contributed by atoms with van der Waals surface area (Å²) in [6.45, 7) is 0. The van der Waals surface area contributed by atoms with E-state index in [-0.39, 0.29) is 5.69 Å². The van der Waals surface area contributed by atoms with Crippen LogP contribution in [0.2, 0.25) is 0 Å². The van der Waals surface area contributed by atoms with Crippen molar-refractivity contribution in [2.24, 2.45) is 5.84 Å². The number of hydrogen-bond acceptors (Lipinski definition) is 3. The third kappa shape index (κ3) is 3.86. The van der Waals surface area contributed by atoms with Gasteiger partial charge in [0, 0.05) is 11.3 Å². The summed E-state index contributed by atoms with van der Waals surface area (Å²) < 4.78 is 39.2. The van der Waals surface area contributed by atoms with Gasteiger partial charge in [0.05, 0.1) is 11.1 Å². The summed E-state index contributed by atoms with van der Waals surface area (Å²) in [5.74, 6) is 3.24. The number of anilines is 1. The van der Waals surface area contributed by atoms with Gasteiger partial charge in [0.2, 0.25) is 0 Å². The van der Waals surface area contributed by atoms with E-state index in [0.717, 1.165) is 6.07 Å². The molecular formula is C15H12F3N3O2. The zero-order chi connectivity index (χ0) is 17.0. The Labute approximate surface area is 129 Å². The highest BCUT2D eigenvalue weighted by atomic mass is 19.4. The summed E-state index contributed by atoms with van der Waals surface area (Å²) in [7, 11) is 0. The maximum absolute atomic E-state index is 13.1. The first-order valence-electron chi connectivity index (χ1n) is 6.41. The predicted molar refractivity (Wildman–Crippen MR) is 77.5 cm³/mol. The Balaban J connectivity index is 2.34. The Bertz CT molecular complexity index is 730. The van der Waals surface area contributed by atoms with Gasteiger partial charge in [-0.25, -0.2) is 5.84 Å². The Morgan fingerprint density at radius 3 is 2.17 bits per heavy atom. The molecule has 2 rings (SSSR count). The Morgan fingerprint density at radius 2 is 1.61 bits per heavy atom. The number of nitrogens with two attached hydrogens (primary N) is 1. The van der Waals surface area contributed by atoms with Crippen molar-refractivity contribution in [3.63, 3.8) is 0 Å². The molecule has 5 nitrogen and oxygen atoms in total. The smallest absolute Gasteiger partial charge is 0.322 e. The normalized spacial score (nSPS) is 11.0. The van der Waals surface area contributed by atoms with Gasteiger partial charge in [0.1, 0.15) is 0 Å². The van der Waals surface area contributed by atoms with Crippen LogP contribution in [0.15, 0.2) is 48.5 Å². The van der Waals surface area contributed by atoms with E-state index in [4.69, 9.17) is 5.84 Å². The Hall–Kier alpha value is -2.87. The number of carbonyl (C=O) groups excluding carboxylic acids is 2. The quantitative estimate of drug-likeness (QED) is 0.461. The number of carbonyl (C=O) groups is 2. The lowest BCUT2D eigenvalue weighted by atomic mass is 10.1. The number of benzene rings is 2. The van der Waals surface area contributed by atoms with Gasteiger partial charge in [-0.1, -0.05) is 18.2 Å². The second kappa shape index (κ2) is 6.49. The van der Waals surface area contributed by atoms with Crippen molar-refractivity contribution < 1.29 is 22.8 Å². The van der Waals surface area contributed by atoms with Crippen LogP contribution in [0.25, 0.3) is 0 Å². The molecule has 0 aromatic heterocycles. The van der Waals surface area contributed by atoms with E-state index in [1.807, 2.05) is 0 Å². The van der Waals surface area contributed by atoms with Crippen LogP contribution in [0, 0.1) is 0 Å². The number of halogens is 3. The van der Waals surface area contributed by atoms with Gasteiger partial charge in [-0.05, 0) is 30.3 Å². The molecule has 0 unspecified atom stereocenters. The number of hydrogen-bond donors (Lipinski definition) is 3. The second-order valence-corrected chi connectivity index (χ2v) is 4.55. The largest absolute Gasteiger partial charge is 0.417 e. The van der Waals surface area contributed by atoms with Crippen molar-refractivity contribution in [3.05, 3.63) is 65.2 Å². The molecule has 0 saturated carbocycles. The molecule has 0 bridgehead atoms. The number of amides is 2. The lowest BCUT2D eigenvalue weighted by Gasteiger charge is -2.14. The number of hydrazine groups is 1. The molecule has 8 heteroatoms. The lowest BCUT2D eigenvalue weighted by Crippen LogP contribution is -2.32. The molecular weight excluding hydrogens is 311 g/mol. The molecule has 0 heterocycles. The molecule has 0 spiro atoms. The Morgan fingerprint density at radius 1 is 0.957 bits per heavy atom. The third-order valence-electron chi connectivity index (χ3n) is 2.99. The van der Waals surface area contributed by atoms with E-state index in [9.17, 15) is 22.8 Å². The highest BCUT2D eigenvalue weighted by molar-refractivity contribution is 6.04. The molecule has 0 aliphatic heterocycles. The summed E-state index contributed by atoms with van der Waals surface area (Å²) >= 11 is 0. The summed E-state index contributed by atoms with van der Waals surface area (Å²) in [6, 6.07) is 10.8. The first kappa shape index (κ1) is 16.5. The molecule has 0 saturated heterocycles. The van der Waals surface area contributed by atoms with Gasteiger partial charge >= 0.3 is 6.18 Å². The zero-order valence-corrected chi connectivity index (χ0v) is 11.6. The molecule has 0 aliphatic carbocycles. The minimum Gasteiger partial charge on any atom is -0.322 e. The second-order valence-electron chi connectivity index (χ2n) is 4.55. The number of rotatable bonds is 3. The van der Waals surface area contributed by atoms with E-state index in [1.165, 1.54) is 18.2 Å². The molecule has 2 aromatic rings. The van der Waals surface area contributed by atoms with Gasteiger partial charge < -0.3 is 5.32 Å². The monoisotopic (exact) mass is 323 g/mol. The van der Waals surface area contributed by atoms with Crippen molar-refractivity contribution in [1.29, 1.82) is 0 Å². The molecule has 0 atom stereocenters. The molecule has 0 radical (unpaired) electrons. The highest BCUT2D eigenvalue weighted by Gasteiger charge is 2.35. The number of alkyl halides is 3. The van der Waals surface area contributed by atoms with Crippen molar-refractivity contribution in [2.45, 2.75) is 6.18 Å². The van der Waals surface area contributed by atoms with Crippen molar-refractivity contribution in [1.82, 2.24) is 5.43 Å². The fourth-order valence-corrected chi connectivity index (χ4v) is 1.93. The van der Waals surface area contributed by atoms with Gasteiger partial charge in [-0.2, -0.15) is 13.2 Å². The van der Waals surface area contributed by atoms with Crippen LogP contribution < -0.4 is 16.6 Å². The first-order chi connectivity index (χ1) is 10.8. The van der Waals surface area contributed by atoms with Crippen molar-refractivity contribution >= 4 is 17.5 Å². The molecule has 0 fully saturated rings. The average molecular weight is 323 g/mol. The lowest BCUT2D eigenvalue weighted by molar-refractivity contribution is -0.137. The van der Waals surface area contributed by atoms with Gasteiger partial charge in [0.15, 0.2) is 0 Å². The fraction of sp³-hybridized carbons (Fsp3) is 0.0667. The zero-order valence-electron chi connectivity index (χ0n) is 11.6. The molecule has 0 aliphatic rings. The minimum absolute atomic E-state index is 0.0836. The van der Waals surface area contributed by atoms with Crippen LogP contribution in [-0.2, 0) is 6.18 Å². The van der Waals surface area contributed by atoms with Crippen LogP contribution in [0.4, 0.5) is 18.9 Å². The van der Waals surface area contributed by atoms with Crippen molar-refractivity contribution in [2.75, 3.05) is 5.32 Å². The summed E-state index contributed by atoms with van der Waals surface area (Å²) in [6.07, 6.45) is -4.77. The van der Waals surface area contributed by atoms with Crippen molar-refractivity contribution in [3.8, 4) is 0 Å². The summed E-state index contributed by atoms with van der Waals surface area (Å²) in [4.78, 5) is 23.4. The summed E-state index contributed by atoms with van der Waals surface area (Å²) in [5, 5.41) is 2.35. The molecule has 2 aromatic carbocycles. The third-order valence-corrected chi connectivity index (χ3v) is 2.99. The Kier molecular flexibility index (Phi) is 4.65. The van der Waals surface area contributed by atoms with Crippen LogP contribution >= 0.6 is 0 Å². The van der Waals surface area contributed by atoms with Crippen LogP contribution in [0.1, 0.15) is 26.3 Å². The van der Waals surface area contributed by atoms with Crippen LogP contribution in [0.5, 0.6) is 0 Å². The molecule has 2 amide bonds. The van der Waals surface area contributed by atoms with E-state index in [2.05, 4.69) is 5.32 Å². The topological polar surface area (TPSA) is 84.2 Å². The standard InChI is InChI=1S/C15H12F3N3O2/c16-15(17,18)12-8-10(6-7-11(12)14(23)21-19)20-13(22)9-4-2-1-3-5-9/h1-8H,19H2,(H,20,22)(H,21,23). The van der Waals surface area contributed by atoms with E-state index in [0.29, 0.717) is 11.6 Å². The van der Waals surface area contributed by atoms with Gasteiger partial charge in [0.25, 0.3) is 11.8 Å². The molecule has 4 N–H and O–H groups in total. The van der Waals surface area contributed by atoms with E-state index < -0.39 is 29.1 Å². The van der Waals surface area contributed by atoms with Gasteiger partial charge in [-0.3, -0.25) is 15.0 Å². The van der Waals surface area contributed by atoms with Gasteiger partial charge in [-0.15, -0.1) is 0 Å². The fourth-order valence-electron chi connectivity index (χ4n) is 1.93.